The third-order valence-corrected chi connectivity index (χ3v) is 2.36. The van der Waals surface area contributed by atoms with E-state index < -0.39 is 0 Å². The van der Waals surface area contributed by atoms with Crippen molar-refractivity contribution in [3.05, 3.63) is 5.28 Å². The second-order valence-corrected chi connectivity index (χ2v) is 3.64. The number of hydrogen-bond acceptors (Lipinski definition) is 6. The predicted molar refractivity (Wildman–Crippen MR) is 55.9 cm³/mol. The summed E-state index contributed by atoms with van der Waals surface area (Å²) in [5, 5.41) is 0.0638. The van der Waals surface area contributed by atoms with Gasteiger partial charge < -0.3 is 14.2 Å². The molecule has 6 nitrogen and oxygen atoms in total. The molecule has 1 aliphatic heterocycles. The van der Waals surface area contributed by atoms with Crippen molar-refractivity contribution in [1.29, 1.82) is 0 Å². The van der Waals surface area contributed by atoms with Crippen LogP contribution < -0.4 is 9.47 Å². The Bertz CT molecular complexity index is 358. The van der Waals surface area contributed by atoms with E-state index >= 15 is 0 Å². The first-order valence-corrected chi connectivity index (χ1v) is 5.35. The number of methoxy groups -OCH3 is 1. The molecule has 0 radical (unpaired) electrons. The summed E-state index contributed by atoms with van der Waals surface area (Å²) in [4.78, 5) is 11.6. The molecule has 1 saturated heterocycles. The van der Waals surface area contributed by atoms with Crippen LogP contribution in [0, 0.1) is 0 Å². The van der Waals surface area contributed by atoms with Crippen LogP contribution in [0.15, 0.2) is 0 Å². The SMILES string of the molecule is COc1nc(Cl)nc(OC2CCOCC2)n1. The molecule has 0 bridgehead atoms. The first-order valence-electron chi connectivity index (χ1n) is 4.98. The van der Waals surface area contributed by atoms with Crippen LogP contribution >= 0.6 is 11.6 Å². The zero-order chi connectivity index (χ0) is 11.4. The smallest absolute Gasteiger partial charge is 0.324 e. The first kappa shape index (κ1) is 11.3. The zero-order valence-corrected chi connectivity index (χ0v) is 9.61. The summed E-state index contributed by atoms with van der Waals surface area (Å²) in [6.07, 6.45) is 1.72. The summed E-state index contributed by atoms with van der Waals surface area (Å²) < 4.78 is 15.7. The van der Waals surface area contributed by atoms with Crippen molar-refractivity contribution in [1.82, 2.24) is 15.0 Å². The van der Waals surface area contributed by atoms with Crippen molar-refractivity contribution >= 4 is 11.6 Å². The minimum absolute atomic E-state index is 0.0638. The maximum Gasteiger partial charge on any atom is 0.324 e. The Labute approximate surface area is 97.9 Å². The number of rotatable bonds is 3. The molecule has 1 aromatic rings. The van der Waals surface area contributed by atoms with E-state index in [0.717, 1.165) is 12.8 Å². The number of hydrogen-bond donors (Lipinski definition) is 0. The van der Waals surface area contributed by atoms with E-state index in [1.807, 2.05) is 0 Å². The third kappa shape index (κ3) is 2.93. The number of aromatic nitrogens is 3. The van der Waals surface area contributed by atoms with Gasteiger partial charge in [0.05, 0.1) is 20.3 Å². The molecule has 1 aromatic heterocycles. The van der Waals surface area contributed by atoms with Crippen LogP contribution in [-0.2, 0) is 4.74 Å². The summed E-state index contributed by atoms with van der Waals surface area (Å²) in [5.74, 6) is 0. The van der Waals surface area contributed by atoms with Crippen molar-refractivity contribution in [2.45, 2.75) is 18.9 Å². The van der Waals surface area contributed by atoms with Crippen molar-refractivity contribution < 1.29 is 14.2 Å². The Balaban J connectivity index is 2.04. The van der Waals surface area contributed by atoms with Gasteiger partial charge in [-0.15, -0.1) is 4.98 Å². The van der Waals surface area contributed by atoms with Crippen LogP contribution in [0.4, 0.5) is 0 Å². The normalized spacial score (nSPS) is 17.1. The average molecular weight is 246 g/mol. The van der Waals surface area contributed by atoms with Gasteiger partial charge in [-0.1, -0.05) is 0 Å². The number of ether oxygens (including phenoxy) is 3. The molecule has 0 atom stereocenters. The molecule has 0 amide bonds. The standard InChI is InChI=1S/C9H12ClN3O3/c1-14-8-11-7(10)12-9(13-8)16-6-2-4-15-5-3-6/h6H,2-5H2,1H3. The highest BCUT2D eigenvalue weighted by molar-refractivity contribution is 6.28. The van der Waals surface area contributed by atoms with Gasteiger partial charge in [0.25, 0.3) is 0 Å². The summed E-state index contributed by atoms with van der Waals surface area (Å²) in [7, 11) is 1.46. The first-order chi connectivity index (χ1) is 7.78. The fourth-order valence-corrected chi connectivity index (χ4v) is 1.55. The van der Waals surface area contributed by atoms with Gasteiger partial charge in [0, 0.05) is 12.8 Å². The van der Waals surface area contributed by atoms with Gasteiger partial charge >= 0.3 is 12.0 Å². The quantitative estimate of drug-likeness (QED) is 0.794. The Morgan fingerprint density at radius 2 is 1.88 bits per heavy atom. The van der Waals surface area contributed by atoms with E-state index in [0.29, 0.717) is 13.2 Å². The Hall–Kier alpha value is -1.14. The highest BCUT2D eigenvalue weighted by atomic mass is 35.5. The molecule has 7 heteroatoms. The van der Waals surface area contributed by atoms with E-state index in [2.05, 4.69) is 15.0 Å². The molecule has 1 aliphatic rings. The average Bonchev–Trinajstić information content (AvgIpc) is 2.29. The maximum absolute atomic E-state index is 5.70. The zero-order valence-electron chi connectivity index (χ0n) is 8.85. The molecule has 0 unspecified atom stereocenters. The molecule has 2 heterocycles. The highest BCUT2D eigenvalue weighted by Gasteiger charge is 2.17. The van der Waals surface area contributed by atoms with E-state index in [1.165, 1.54) is 7.11 Å². The van der Waals surface area contributed by atoms with Crippen molar-refractivity contribution in [2.75, 3.05) is 20.3 Å². The molecule has 0 saturated carbocycles. The second kappa shape index (κ2) is 5.27. The number of halogens is 1. The lowest BCUT2D eigenvalue weighted by molar-refractivity contribution is 0.0213. The fourth-order valence-electron chi connectivity index (χ4n) is 1.40. The van der Waals surface area contributed by atoms with Crippen LogP contribution in [-0.4, -0.2) is 41.4 Å². The number of nitrogens with zero attached hydrogens (tertiary/aromatic N) is 3. The van der Waals surface area contributed by atoms with Gasteiger partial charge in [-0.25, -0.2) is 0 Å². The minimum atomic E-state index is 0.0638. The van der Waals surface area contributed by atoms with Gasteiger partial charge in [0.15, 0.2) is 0 Å². The van der Waals surface area contributed by atoms with E-state index in [4.69, 9.17) is 25.8 Å². The van der Waals surface area contributed by atoms with Gasteiger partial charge in [0.2, 0.25) is 5.28 Å². The van der Waals surface area contributed by atoms with E-state index in [9.17, 15) is 0 Å². The van der Waals surface area contributed by atoms with Crippen LogP contribution in [0.2, 0.25) is 5.28 Å². The summed E-state index contributed by atoms with van der Waals surface area (Å²) in [5.41, 5.74) is 0. The van der Waals surface area contributed by atoms with Gasteiger partial charge in [0.1, 0.15) is 6.10 Å². The van der Waals surface area contributed by atoms with Gasteiger partial charge in [-0.05, 0) is 11.6 Å². The Morgan fingerprint density at radius 1 is 1.19 bits per heavy atom. The molecule has 0 N–H and O–H groups in total. The van der Waals surface area contributed by atoms with Crippen molar-refractivity contribution in [2.24, 2.45) is 0 Å². The molecule has 0 aliphatic carbocycles. The van der Waals surface area contributed by atoms with E-state index in [1.54, 1.807) is 0 Å². The molecule has 0 aromatic carbocycles. The highest BCUT2D eigenvalue weighted by Crippen LogP contribution is 2.17. The van der Waals surface area contributed by atoms with Crippen LogP contribution in [0.3, 0.4) is 0 Å². The predicted octanol–water partition coefficient (Wildman–Crippen LogP) is 1.09. The van der Waals surface area contributed by atoms with Crippen LogP contribution in [0.5, 0.6) is 12.0 Å². The van der Waals surface area contributed by atoms with Crippen LogP contribution in [0.25, 0.3) is 0 Å². The third-order valence-electron chi connectivity index (χ3n) is 2.19. The Kier molecular flexibility index (Phi) is 3.74. The topological polar surface area (TPSA) is 66.4 Å². The van der Waals surface area contributed by atoms with Crippen molar-refractivity contribution in [3.63, 3.8) is 0 Å². The largest absolute Gasteiger partial charge is 0.467 e. The fraction of sp³-hybridized carbons (Fsp3) is 0.667. The molecule has 0 spiro atoms. The maximum atomic E-state index is 5.70. The van der Waals surface area contributed by atoms with Gasteiger partial charge in [-0.2, -0.15) is 9.97 Å². The Morgan fingerprint density at radius 3 is 2.56 bits per heavy atom. The van der Waals surface area contributed by atoms with Crippen molar-refractivity contribution in [3.8, 4) is 12.0 Å². The van der Waals surface area contributed by atoms with Gasteiger partial charge in [-0.3, -0.25) is 0 Å². The lowest BCUT2D eigenvalue weighted by atomic mass is 10.2. The molecule has 88 valence electrons. The lowest BCUT2D eigenvalue weighted by Gasteiger charge is -2.21. The summed E-state index contributed by atoms with van der Waals surface area (Å²) in [6.45, 7) is 1.39. The summed E-state index contributed by atoms with van der Waals surface area (Å²) >= 11 is 5.70. The van der Waals surface area contributed by atoms with E-state index in [-0.39, 0.29) is 23.4 Å². The van der Waals surface area contributed by atoms with Crippen LogP contribution in [0.1, 0.15) is 12.8 Å². The summed E-state index contributed by atoms with van der Waals surface area (Å²) in [6, 6.07) is 0.353. The molecular weight excluding hydrogens is 234 g/mol. The second-order valence-electron chi connectivity index (χ2n) is 3.30. The monoisotopic (exact) mass is 245 g/mol. The molecule has 2 rings (SSSR count). The lowest BCUT2D eigenvalue weighted by Crippen LogP contribution is -2.26. The molecular formula is C9H12ClN3O3. The minimum Gasteiger partial charge on any atom is -0.467 e. The molecule has 1 fully saturated rings. The molecule has 16 heavy (non-hydrogen) atoms.